The van der Waals surface area contributed by atoms with E-state index in [4.69, 9.17) is 14.6 Å². The Bertz CT molecular complexity index is 1090. The van der Waals surface area contributed by atoms with Gasteiger partial charge in [-0.3, -0.25) is 0 Å². The van der Waals surface area contributed by atoms with Crippen molar-refractivity contribution in [1.29, 1.82) is 0 Å². The zero-order valence-electron chi connectivity index (χ0n) is 17.9. The third-order valence-electron chi connectivity index (χ3n) is 5.93. The Kier molecular flexibility index (Phi) is 6.06. The number of rotatable bonds is 7. The van der Waals surface area contributed by atoms with Crippen LogP contribution in [0.25, 0.3) is 0 Å². The lowest BCUT2D eigenvalue weighted by atomic mass is 10.0. The van der Waals surface area contributed by atoms with Crippen molar-refractivity contribution >= 4 is 27.8 Å². The highest BCUT2D eigenvalue weighted by Gasteiger charge is 2.60. The van der Waals surface area contributed by atoms with Crippen molar-refractivity contribution in [2.75, 3.05) is 11.9 Å². The summed E-state index contributed by atoms with van der Waals surface area (Å²) < 4.78 is 34.6. The van der Waals surface area contributed by atoms with Gasteiger partial charge >= 0.3 is 6.09 Å². The third-order valence-corrected chi connectivity index (χ3v) is 6.84. The SMILES string of the molecule is CC[C@H](C)NC(=O)O[C@@H]1CO[C@@]2(c3cnc(Nc4cccc(S(N)(=O)=O)c4)nc3)C[C@@H]2C1. The third kappa shape index (κ3) is 4.84. The number of sulfonamides is 1. The van der Waals surface area contributed by atoms with E-state index in [0.29, 0.717) is 18.2 Å². The Morgan fingerprint density at radius 3 is 2.78 bits per heavy atom. The highest BCUT2D eigenvalue weighted by Crippen LogP contribution is 2.59. The molecular formula is C21H27N5O5S. The highest BCUT2D eigenvalue weighted by molar-refractivity contribution is 7.89. The van der Waals surface area contributed by atoms with Crippen LogP contribution in [0, 0.1) is 5.92 Å². The minimum Gasteiger partial charge on any atom is -0.444 e. The Morgan fingerprint density at radius 2 is 2.12 bits per heavy atom. The molecule has 1 amide bonds. The molecule has 1 aliphatic carbocycles. The number of amides is 1. The van der Waals surface area contributed by atoms with E-state index in [0.717, 1.165) is 24.8 Å². The molecule has 1 aliphatic heterocycles. The van der Waals surface area contributed by atoms with Crippen molar-refractivity contribution in [1.82, 2.24) is 15.3 Å². The van der Waals surface area contributed by atoms with Gasteiger partial charge < -0.3 is 20.1 Å². The summed E-state index contributed by atoms with van der Waals surface area (Å²) in [5, 5.41) is 10.9. The molecule has 172 valence electrons. The second kappa shape index (κ2) is 8.64. The molecule has 32 heavy (non-hydrogen) atoms. The van der Waals surface area contributed by atoms with Crippen LogP contribution in [0.1, 0.15) is 38.7 Å². The molecule has 1 saturated carbocycles. The molecule has 1 aromatic heterocycles. The van der Waals surface area contributed by atoms with Gasteiger partial charge in [-0.05, 0) is 50.3 Å². The minimum absolute atomic E-state index is 0.00374. The van der Waals surface area contributed by atoms with Crippen LogP contribution in [0.2, 0.25) is 0 Å². The molecule has 0 bridgehead atoms. The van der Waals surface area contributed by atoms with Crippen molar-refractivity contribution in [2.24, 2.45) is 11.1 Å². The Balaban J connectivity index is 1.35. The molecule has 4 rings (SSSR count). The van der Waals surface area contributed by atoms with E-state index in [1.54, 1.807) is 24.5 Å². The van der Waals surface area contributed by atoms with E-state index in [1.807, 2.05) is 13.8 Å². The molecule has 4 N–H and O–H groups in total. The second-order valence-corrected chi connectivity index (χ2v) is 9.87. The number of anilines is 2. The Labute approximate surface area is 187 Å². The van der Waals surface area contributed by atoms with E-state index in [2.05, 4.69) is 20.6 Å². The average molecular weight is 462 g/mol. The predicted molar refractivity (Wildman–Crippen MR) is 117 cm³/mol. The van der Waals surface area contributed by atoms with Crippen LogP contribution in [0.4, 0.5) is 16.4 Å². The standard InChI is InChI=1S/C21H27N5O5S/c1-3-13(2)25-20(27)31-17-7-14-9-21(14,30-12-17)15-10-23-19(24-11-15)26-16-5-4-6-18(8-16)32(22,28)29/h4-6,8,10-11,13-14,17H,3,7,9,12H2,1-2H3,(H,25,27)(H2,22,28,29)(H,23,24,26)/t13-,14-,17-,21-/m0/s1. The van der Waals surface area contributed by atoms with Gasteiger partial charge in [0, 0.05) is 29.7 Å². The largest absolute Gasteiger partial charge is 0.444 e. The second-order valence-electron chi connectivity index (χ2n) is 8.31. The number of nitrogens with zero attached hydrogens (tertiary/aromatic N) is 2. The number of aromatic nitrogens is 2. The summed E-state index contributed by atoms with van der Waals surface area (Å²) in [5.74, 6) is 0.569. The Morgan fingerprint density at radius 1 is 1.38 bits per heavy atom. The molecular weight excluding hydrogens is 434 g/mol. The molecule has 11 heteroatoms. The average Bonchev–Trinajstić information content (AvgIpc) is 3.48. The molecule has 0 radical (unpaired) electrons. The predicted octanol–water partition coefficient (Wildman–Crippen LogP) is 2.40. The van der Waals surface area contributed by atoms with Crippen LogP contribution >= 0.6 is 0 Å². The maximum absolute atomic E-state index is 12.0. The van der Waals surface area contributed by atoms with Crippen LogP contribution in [0.3, 0.4) is 0 Å². The minimum atomic E-state index is -3.79. The van der Waals surface area contributed by atoms with Gasteiger partial charge in [0.25, 0.3) is 0 Å². The first-order valence-electron chi connectivity index (χ1n) is 10.5. The summed E-state index contributed by atoms with van der Waals surface area (Å²) in [6, 6.07) is 6.19. The molecule has 2 fully saturated rings. The van der Waals surface area contributed by atoms with Gasteiger partial charge in [0.05, 0.1) is 17.1 Å². The number of hydrogen-bond donors (Lipinski definition) is 3. The maximum atomic E-state index is 12.0. The summed E-state index contributed by atoms with van der Waals surface area (Å²) >= 11 is 0. The van der Waals surface area contributed by atoms with Crippen LogP contribution < -0.4 is 15.8 Å². The number of alkyl carbamates (subject to hydrolysis) is 1. The number of carbonyl (C=O) groups excluding carboxylic acids is 1. The van der Waals surface area contributed by atoms with Crippen LogP contribution in [0.5, 0.6) is 0 Å². The quantitative estimate of drug-likeness (QED) is 0.570. The topological polar surface area (TPSA) is 146 Å². The first kappa shape index (κ1) is 22.4. The van der Waals surface area contributed by atoms with Crippen molar-refractivity contribution < 1.29 is 22.7 Å². The zero-order chi connectivity index (χ0) is 22.9. The normalized spacial score (nSPS) is 25.3. The van der Waals surface area contributed by atoms with E-state index in [9.17, 15) is 13.2 Å². The summed E-state index contributed by atoms with van der Waals surface area (Å²) in [7, 11) is -3.79. The number of benzene rings is 1. The molecule has 0 unspecified atom stereocenters. The summed E-state index contributed by atoms with van der Waals surface area (Å²) in [5.41, 5.74) is 0.948. The van der Waals surface area contributed by atoms with E-state index in [1.165, 1.54) is 12.1 Å². The molecule has 2 aromatic rings. The first-order chi connectivity index (χ1) is 15.2. The summed E-state index contributed by atoms with van der Waals surface area (Å²) in [6.07, 6.45) is 5.12. The van der Waals surface area contributed by atoms with E-state index >= 15 is 0 Å². The monoisotopic (exact) mass is 461 g/mol. The lowest BCUT2D eigenvalue weighted by Crippen LogP contribution is -2.39. The van der Waals surface area contributed by atoms with Crippen molar-refractivity contribution in [3.63, 3.8) is 0 Å². The van der Waals surface area contributed by atoms with Gasteiger partial charge in [0.15, 0.2) is 0 Å². The summed E-state index contributed by atoms with van der Waals surface area (Å²) in [6.45, 7) is 4.25. The van der Waals surface area contributed by atoms with Gasteiger partial charge in [-0.1, -0.05) is 13.0 Å². The van der Waals surface area contributed by atoms with Gasteiger partial charge in [-0.2, -0.15) is 0 Å². The lowest BCUT2D eigenvalue weighted by Gasteiger charge is -2.29. The first-order valence-corrected chi connectivity index (χ1v) is 12.1. The number of hydrogen-bond acceptors (Lipinski definition) is 8. The van der Waals surface area contributed by atoms with Crippen LogP contribution in [-0.2, 0) is 25.1 Å². The van der Waals surface area contributed by atoms with Gasteiger partial charge in [0.2, 0.25) is 16.0 Å². The van der Waals surface area contributed by atoms with E-state index < -0.39 is 21.7 Å². The summed E-state index contributed by atoms with van der Waals surface area (Å²) in [4.78, 5) is 20.6. The van der Waals surface area contributed by atoms with Gasteiger partial charge in [-0.15, -0.1) is 0 Å². The smallest absolute Gasteiger partial charge is 0.407 e. The lowest BCUT2D eigenvalue weighted by molar-refractivity contribution is -0.0747. The molecule has 2 heterocycles. The number of carbonyl (C=O) groups is 1. The fourth-order valence-corrected chi connectivity index (χ4v) is 4.44. The van der Waals surface area contributed by atoms with Crippen molar-refractivity contribution in [2.45, 2.75) is 55.8 Å². The van der Waals surface area contributed by atoms with Crippen LogP contribution in [-0.4, -0.2) is 43.2 Å². The van der Waals surface area contributed by atoms with Crippen molar-refractivity contribution in [3.05, 3.63) is 42.2 Å². The van der Waals surface area contributed by atoms with Crippen LogP contribution in [0.15, 0.2) is 41.6 Å². The van der Waals surface area contributed by atoms with Crippen molar-refractivity contribution in [3.8, 4) is 0 Å². The molecule has 1 aromatic carbocycles. The zero-order valence-corrected chi connectivity index (χ0v) is 18.8. The van der Waals surface area contributed by atoms with E-state index in [-0.39, 0.29) is 23.0 Å². The van der Waals surface area contributed by atoms with Gasteiger partial charge in [-0.25, -0.2) is 28.3 Å². The maximum Gasteiger partial charge on any atom is 0.407 e. The number of nitrogens with two attached hydrogens (primary N) is 1. The number of primary sulfonamides is 1. The number of fused-ring (bicyclic) bond motifs is 1. The highest BCUT2D eigenvalue weighted by atomic mass is 32.2. The molecule has 2 aliphatic rings. The fraction of sp³-hybridized carbons (Fsp3) is 0.476. The Hall–Kier alpha value is -2.76. The molecule has 4 atom stereocenters. The molecule has 1 saturated heterocycles. The molecule has 10 nitrogen and oxygen atoms in total. The molecule has 0 spiro atoms. The fourth-order valence-electron chi connectivity index (χ4n) is 3.88. The number of ether oxygens (including phenoxy) is 2. The van der Waals surface area contributed by atoms with Gasteiger partial charge in [0.1, 0.15) is 6.10 Å². The number of nitrogens with one attached hydrogen (secondary N) is 2.